The first-order valence-corrected chi connectivity index (χ1v) is 6.88. The lowest BCUT2D eigenvalue weighted by Gasteiger charge is -2.32. The van der Waals surface area contributed by atoms with Gasteiger partial charge in [-0.05, 0) is 36.6 Å². The quantitative estimate of drug-likeness (QED) is 0.903. The smallest absolute Gasteiger partial charge is 0.323 e. The van der Waals surface area contributed by atoms with E-state index in [-0.39, 0.29) is 18.3 Å². The third-order valence-corrected chi connectivity index (χ3v) is 4.42. The van der Waals surface area contributed by atoms with E-state index in [0.717, 1.165) is 19.3 Å². The van der Waals surface area contributed by atoms with Crippen molar-refractivity contribution in [1.29, 1.82) is 0 Å². The Morgan fingerprint density at radius 2 is 2.00 bits per heavy atom. The van der Waals surface area contributed by atoms with E-state index in [0.29, 0.717) is 24.1 Å². The molecule has 4 nitrogen and oxygen atoms in total. The number of amides is 1. The zero-order valence-corrected chi connectivity index (χ0v) is 11.1. The maximum atomic E-state index is 13.6. The van der Waals surface area contributed by atoms with E-state index in [2.05, 4.69) is 0 Å². The monoisotopic (exact) mass is 277 g/mol. The molecule has 1 aromatic rings. The number of hydrogen-bond acceptors (Lipinski definition) is 2. The zero-order chi connectivity index (χ0) is 14.3. The van der Waals surface area contributed by atoms with Crippen LogP contribution in [0.3, 0.4) is 0 Å². The van der Waals surface area contributed by atoms with Crippen molar-refractivity contribution < 1.29 is 19.1 Å². The number of aliphatic carboxylic acids is 1. The number of nitrogens with zero attached hydrogens (tertiary/aromatic N) is 1. The number of fused-ring (bicyclic) bond motifs is 2. The van der Waals surface area contributed by atoms with Gasteiger partial charge in [0.25, 0.3) is 0 Å². The fraction of sp³-hybridized carbons (Fsp3) is 0.467. The van der Waals surface area contributed by atoms with Crippen molar-refractivity contribution >= 4 is 17.6 Å². The molecular weight excluding hydrogens is 261 g/mol. The SMILES string of the molecule is O=C(O)CN1C(=O)C2(CCCCC2)c2cc(F)ccc21. The first-order valence-electron chi connectivity index (χ1n) is 6.88. The number of anilines is 1. The zero-order valence-electron chi connectivity index (χ0n) is 11.1. The topological polar surface area (TPSA) is 57.6 Å². The van der Waals surface area contributed by atoms with Gasteiger partial charge in [0, 0.05) is 5.69 Å². The maximum Gasteiger partial charge on any atom is 0.323 e. The van der Waals surface area contributed by atoms with Crippen LogP contribution in [0, 0.1) is 5.82 Å². The molecule has 5 heteroatoms. The molecule has 1 aromatic carbocycles. The van der Waals surface area contributed by atoms with E-state index in [9.17, 15) is 14.0 Å². The minimum Gasteiger partial charge on any atom is -0.480 e. The van der Waals surface area contributed by atoms with Gasteiger partial charge >= 0.3 is 5.97 Å². The standard InChI is InChI=1S/C15H16FNO3/c16-10-4-5-12-11(8-10)15(6-2-1-3-7-15)14(20)17(12)9-13(18)19/h4-5,8H,1-3,6-7,9H2,(H,18,19). The number of carbonyl (C=O) groups excluding carboxylic acids is 1. The Balaban J connectivity index is 2.12. The fourth-order valence-corrected chi connectivity index (χ4v) is 3.54. The predicted molar refractivity (Wildman–Crippen MR) is 71.2 cm³/mol. The number of rotatable bonds is 2. The van der Waals surface area contributed by atoms with E-state index in [4.69, 9.17) is 5.11 Å². The van der Waals surface area contributed by atoms with Crippen LogP contribution in [0.1, 0.15) is 37.7 Å². The minimum atomic E-state index is -1.05. The Bertz CT molecular complexity index is 578. The Morgan fingerprint density at radius 3 is 2.65 bits per heavy atom. The highest BCUT2D eigenvalue weighted by atomic mass is 19.1. The molecule has 0 radical (unpaired) electrons. The Labute approximate surface area is 116 Å². The molecule has 2 aliphatic rings. The molecule has 1 aliphatic carbocycles. The molecular formula is C15H16FNO3. The fourth-order valence-electron chi connectivity index (χ4n) is 3.54. The third kappa shape index (κ3) is 1.80. The number of carbonyl (C=O) groups is 2. The van der Waals surface area contributed by atoms with Crippen molar-refractivity contribution in [3.8, 4) is 0 Å². The van der Waals surface area contributed by atoms with Crippen LogP contribution in [0.5, 0.6) is 0 Å². The van der Waals surface area contributed by atoms with E-state index in [1.807, 2.05) is 0 Å². The van der Waals surface area contributed by atoms with Gasteiger partial charge in [0.2, 0.25) is 5.91 Å². The first kappa shape index (κ1) is 13.1. The van der Waals surface area contributed by atoms with Crippen molar-refractivity contribution in [2.75, 3.05) is 11.4 Å². The number of hydrogen-bond donors (Lipinski definition) is 1. The van der Waals surface area contributed by atoms with Crippen LogP contribution >= 0.6 is 0 Å². The van der Waals surface area contributed by atoms with Crippen molar-refractivity contribution in [2.45, 2.75) is 37.5 Å². The van der Waals surface area contributed by atoms with Crippen LogP contribution in [-0.4, -0.2) is 23.5 Å². The van der Waals surface area contributed by atoms with E-state index >= 15 is 0 Å². The average Bonchev–Trinajstić information content (AvgIpc) is 2.63. The molecule has 1 aliphatic heterocycles. The van der Waals surface area contributed by atoms with Gasteiger partial charge in [0.1, 0.15) is 12.4 Å². The van der Waals surface area contributed by atoms with Crippen molar-refractivity contribution in [3.05, 3.63) is 29.6 Å². The highest BCUT2D eigenvalue weighted by Crippen LogP contribution is 2.50. The second kappa shape index (κ2) is 4.58. The largest absolute Gasteiger partial charge is 0.480 e. The van der Waals surface area contributed by atoms with Crippen LogP contribution < -0.4 is 4.90 Å². The molecule has 1 saturated carbocycles. The van der Waals surface area contributed by atoms with Crippen molar-refractivity contribution in [2.24, 2.45) is 0 Å². The number of carboxylic acid groups (broad SMARTS) is 1. The molecule has 1 N–H and O–H groups in total. The summed E-state index contributed by atoms with van der Waals surface area (Å²) in [6.07, 6.45) is 4.26. The lowest BCUT2D eigenvalue weighted by atomic mass is 9.70. The average molecular weight is 277 g/mol. The Morgan fingerprint density at radius 1 is 1.30 bits per heavy atom. The molecule has 20 heavy (non-hydrogen) atoms. The third-order valence-electron chi connectivity index (χ3n) is 4.42. The molecule has 1 spiro atoms. The van der Waals surface area contributed by atoms with E-state index < -0.39 is 11.4 Å². The van der Waals surface area contributed by atoms with Gasteiger partial charge in [-0.2, -0.15) is 0 Å². The molecule has 0 atom stereocenters. The summed E-state index contributed by atoms with van der Waals surface area (Å²) in [7, 11) is 0. The molecule has 3 rings (SSSR count). The molecule has 106 valence electrons. The van der Waals surface area contributed by atoms with Gasteiger partial charge in [0.15, 0.2) is 0 Å². The highest BCUT2D eigenvalue weighted by Gasteiger charge is 2.51. The normalized spacial score (nSPS) is 20.2. The summed E-state index contributed by atoms with van der Waals surface area (Å²) >= 11 is 0. The lowest BCUT2D eigenvalue weighted by molar-refractivity contribution is -0.137. The van der Waals surface area contributed by atoms with Crippen LogP contribution in [0.4, 0.5) is 10.1 Å². The van der Waals surface area contributed by atoms with Gasteiger partial charge in [-0.15, -0.1) is 0 Å². The summed E-state index contributed by atoms with van der Waals surface area (Å²) in [4.78, 5) is 25.0. The summed E-state index contributed by atoms with van der Waals surface area (Å²) in [6.45, 7) is -0.362. The van der Waals surface area contributed by atoms with Gasteiger partial charge in [-0.1, -0.05) is 19.3 Å². The summed E-state index contributed by atoms with van der Waals surface area (Å²) in [5, 5.41) is 8.99. The molecule has 1 heterocycles. The second-order valence-corrected chi connectivity index (χ2v) is 5.59. The lowest BCUT2D eigenvalue weighted by Crippen LogP contribution is -2.43. The summed E-state index contributed by atoms with van der Waals surface area (Å²) in [5.41, 5.74) is 0.523. The molecule has 0 saturated heterocycles. The maximum absolute atomic E-state index is 13.6. The summed E-state index contributed by atoms with van der Waals surface area (Å²) in [5.74, 6) is -1.61. The van der Waals surface area contributed by atoms with Crippen molar-refractivity contribution in [1.82, 2.24) is 0 Å². The summed E-state index contributed by atoms with van der Waals surface area (Å²) in [6, 6.07) is 4.21. The van der Waals surface area contributed by atoms with Gasteiger partial charge < -0.3 is 10.0 Å². The highest BCUT2D eigenvalue weighted by molar-refractivity contribution is 6.10. The second-order valence-electron chi connectivity index (χ2n) is 5.59. The number of halogens is 1. The van der Waals surface area contributed by atoms with Gasteiger partial charge in [-0.3, -0.25) is 9.59 Å². The molecule has 0 aromatic heterocycles. The summed E-state index contributed by atoms with van der Waals surface area (Å²) < 4.78 is 13.6. The van der Waals surface area contributed by atoms with E-state index in [1.54, 1.807) is 0 Å². The minimum absolute atomic E-state index is 0.180. The van der Waals surface area contributed by atoms with Crippen LogP contribution in [0.25, 0.3) is 0 Å². The van der Waals surface area contributed by atoms with Gasteiger partial charge in [0.05, 0.1) is 5.41 Å². The molecule has 0 unspecified atom stereocenters. The number of benzene rings is 1. The Kier molecular flexibility index (Phi) is 3.00. The first-order chi connectivity index (χ1) is 9.54. The molecule has 1 fully saturated rings. The predicted octanol–water partition coefficient (Wildman–Crippen LogP) is 2.46. The van der Waals surface area contributed by atoms with Gasteiger partial charge in [-0.25, -0.2) is 4.39 Å². The molecule has 1 amide bonds. The Hall–Kier alpha value is -1.91. The van der Waals surface area contributed by atoms with E-state index in [1.165, 1.54) is 23.1 Å². The van der Waals surface area contributed by atoms with Crippen LogP contribution in [0.15, 0.2) is 18.2 Å². The number of carboxylic acids is 1. The van der Waals surface area contributed by atoms with Crippen LogP contribution in [0.2, 0.25) is 0 Å². The van der Waals surface area contributed by atoms with Crippen molar-refractivity contribution in [3.63, 3.8) is 0 Å². The molecule has 0 bridgehead atoms. The van der Waals surface area contributed by atoms with Crippen LogP contribution in [-0.2, 0) is 15.0 Å².